The van der Waals surface area contributed by atoms with Gasteiger partial charge in [-0.25, -0.2) is 0 Å². The van der Waals surface area contributed by atoms with Crippen molar-refractivity contribution in [1.29, 1.82) is 0 Å². The summed E-state index contributed by atoms with van der Waals surface area (Å²) in [4.78, 5) is 8.07. The Labute approximate surface area is 481 Å². The van der Waals surface area contributed by atoms with Crippen molar-refractivity contribution in [2.24, 2.45) is 22.2 Å². The Morgan fingerprint density at radius 2 is 1.12 bits per heavy atom. The van der Waals surface area contributed by atoms with Crippen LogP contribution in [0.1, 0.15) is 191 Å². The zero-order valence-corrected chi connectivity index (χ0v) is 51.8. The van der Waals surface area contributed by atoms with Gasteiger partial charge in [0.2, 0.25) is 0 Å². The maximum absolute atomic E-state index is 7.84. The minimum Gasteiger partial charge on any atom is -0.441 e. The van der Waals surface area contributed by atoms with E-state index in [0.29, 0.717) is 0 Å². The van der Waals surface area contributed by atoms with Gasteiger partial charge in [0, 0.05) is 39.3 Å². The standard InChI is InChI=1S/C75H90BN3O/c1-46-38-49(69(3,4)5)29-31-61(46)79-64-41-52(78(50-24-20-18-21-25-50)51-26-22-19-23-27-51)40-63-67(64)76(66-53-42-56-59(45-65(53)80-68(66)79)75(16,17)37-34-72(56,10)11)60-43-57-58(74(14,15)36-35-73(57,12)13)44-62(60)77(63)47(2)48-28-30-54-55(39-48)71(8,9)33-32-70(54,6)7/h18-27,29,31,38-47,61H,28,30,32-37H2,1-17H3/t46?,47-,61?/m0/s1. The van der Waals surface area contributed by atoms with Crippen molar-refractivity contribution >= 4 is 74.1 Å². The van der Waals surface area contributed by atoms with Crippen molar-refractivity contribution in [3.05, 3.63) is 166 Å². The highest BCUT2D eigenvalue weighted by Crippen LogP contribution is 2.57. The molecule has 0 spiro atoms. The second-order valence-corrected chi connectivity index (χ2v) is 30.9. The molecule has 5 heteroatoms. The first kappa shape index (κ1) is 53.4. The van der Waals surface area contributed by atoms with Crippen LogP contribution in [-0.2, 0) is 21.7 Å². The van der Waals surface area contributed by atoms with Crippen molar-refractivity contribution in [3.8, 4) is 0 Å². The van der Waals surface area contributed by atoms with Crippen LogP contribution in [-0.4, -0.2) is 18.8 Å². The number of para-hydroxylation sites is 2. The van der Waals surface area contributed by atoms with Crippen LogP contribution in [0, 0.1) is 22.2 Å². The number of hydrogen-bond donors (Lipinski definition) is 0. The highest BCUT2D eigenvalue weighted by Gasteiger charge is 2.52. The van der Waals surface area contributed by atoms with Crippen molar-refractivity contribution in [2.75, 3.05) is 14.7 Å². The Bertz CT molecular complexity index is 3620. The largest absolute Gasteiger partial charge is 0.441 e. The highest BCUT2D eigenvalue weighted by molar-refractivity contribution is 7.01. The molecule has 6 aromatic rings. The summed E-state index contributed by atoms with van der Waals surface area (Å²) in [5.41, 5.74) is 25.1. The predicted octanol–water partition coefficient (Wildman–Crippen LogP) is 18.8. The smallest absolute Gasteiger partial charge is 0.257 e. The lowest BCUT2D eigenvalue weighted by molar-refractivity contribution is 0.257. The van der Waals surface area contributed by atoms with Gasteiger partial charge in [0.25, 0.3) is 6.71 Å². The average molecular weight is 1060 g/mol. The fourth-order valence-corrected chi connectivity index (χ4v) is 16.2. The predicted molar refractivity (Wildman–Crippen MR) is 344 cm³/mol. The topological polar surface area (TPSA) is 22.9 Å². The van der Waals surface area contributed by atoms with Gasteiger partial charge in [-0.3, -0.25) is 0 Å². The Balaban J connectivity index is 1.18. The summed E-state index contributed by atoms with van der Waals surface area (Å²) in [5.74, 6) is 1.19. The van der Waals surface area contributed by atoms with Gasteiger partial charge in [-0.2, -0.15) is 0 Å². The molecule has 0 bridgehead atoms. The molecule has 13 rings (SSSR count). The average Bonchev–Trinajstić information content (AvgIpc) is 3.29. The van der Waals surface area contributed by atoms with Gasteiger partial charge < -0.3 is 19.1 Å². The molecule has 4 nitrogen and oxygen atoms in total. The van der Waals surface area contributed by atoms with Crippen LogP contribution in [0.15, 0.2) is 148 Å². The maximum atomic E-state index is 7.84. The third kappa shape index (κ3) is 8.17. The molecule has 2 unspecified atom stereocenters. The zero-order chi connectivity index (χ0) is 56.6. The quantitative estimate of drug-likeness (QED) is 0.155. The van der Waals surface area contributed by atoms with Crippen LogP contribution < -0.4 is 31.1 Å². The number of benzene rings is 5. The van der Waals surface area contributed by atoms with Gasteiger partial charge in [0.15, 0.2) is 5.88 Å². The lowest BCUT2D eigenvalue weighted by atomic mass is 9.33. The Morgan fingerprint density at radius 3 is 1.71 bits per heavy atom. The number of rotatable bonds is 6. The number of allylic oxidation sites excluding steroid dienone is 5. The Morgan fingerprint density at radius 1 is 0.588 bits per heavy atom. The summed E-state index contributed by atoms with van der Waals surface area (Å²) in [6.07, 6.45) is 19.5. The first-order chi connectivity index (χ1) is 37.6. The summed E-state index contributed by atoms with van der Waals surface area (Å²) in [6, 6.07) is 38.0. The Hall–Kier alpha value is -5.94. The van der Waals surface area contributed by atoms with Crippen molar-refractivity contribution < 1.29 is 4.42 Å². The van der Waals surface area contributed by atoms with Gasteiger partial charge in [-0.05, 0) is 207 Å². The minimum atomic E-state index is -0.0814. The van der Waals surface area contributed by atoms with Crippen LogP contribution >= 0.6 is 0 Å². The van der Waals surface area contributed by atoms with Crippen LogP contribution in [0.2, 0.25) is 0 Å². The van der Waals surface area contributed by atoms with Crippen molar-refractivity contribution in [3.63, 3.8) is 0 Å². The third-order valence-corrected chi connectivity index (χ3v) is 21.8. The minimum absolute atomic E-state index is 0.0102. The van der Waals surface area contributed by atoms with Crippen molar-refractivity contribution in [2.45, 2.75) is 203 Å². The second kappa shape index (κ2) is 17.8. The molecule has 0 saturated carbocycles. The summed E-state index contributed by atoms with van der Waals surface area (Å²) in [5, 5.41) is 1.27. The first-order valence-electron chi connectivity index (χ1n) is 30.9. The van der Waals surface area contributed by atoms with Crippen molar-refractivity contribution in [1.82, 2.24) is 0 Å². The Kier molecular flexibility index (Phi) is 11.9. The summed E-state index contributed by atoms with van der Waals surface area (Å²) < 4.78 is 7.84. The molecule has 5 aliphatic carbocycles. The molecule has 0 N–H and O–H groups in total. The molecule has 5 aromatic carbocycles. The van der Waals surface area contributed by atoms with Gasteiger partial charge in [-0.15, -0.1) is 0 Å². The van der Waals surface area contributed by atoms with E-state index < -0.39 is 0 Å². The van der Waals surface area contributed by atoms with Crippen LogP contribution in [0.25, 0.3) is 11.0 Å². The molecular weight excluding hydrogens is 970 g/mol. The van der Waals surface area contributed by atoms with Gasteiger partial charge in [0.05, 0.1) is 17.8 Å². The number of fused-ring (bicyclic) bond motifs is 8. The molecule has 3 atom stereocenters. The molecule has 80 heavy (non-hydrogen) atoms. The number of hydrogen-bond acceptors (Lipinski definition) is 4. The monoisotopic (exact) mass is 1060 g/mol. The second-order valence-electron chi connectivity index (χ2n) is 30.9. The summed E-state index contributed by atoms with van der Waals surface area (Å²) >= 11 is 0. The number of nitrogens with zero attached hydrogens (tertiary/aromatic N) is 3. The first-order valence-corrected chi connectivity index (χ1v) is 30.9. The van der Waals surface area contributed by atoms with E-state index in [1.807, 2.05) is 0 Å². The van der Waals surface area contributed by atoms with Gasteiger partial charge in [-0.1, -0.05) is 183 Å². The van der Waals surface area contributed by atoms with E-state index in [9.17, 15) is 0 Å². The normalized spacial score (nSPS) is 23.7. The van der Waals surface area contributed by atoms with Crippen LogP contribution in [0.5, 0.6) is 0 Å². The van der Waals surface area contributed by atoms with E-state index >= 15 is 0 Å². The molecule has 414 valence electrons. The SMILES string of the molecule is CC1C=C(C(C)(C)C)C=CC1N1c2cc(N(c3ccccc3)c3ccccc3)cc3c2B(c2cc4c(cc2N3[C@@H](C)C2=CC3=C(CC2)C(C)(C)CCC3(C)C)C(C)(C)CCC4(C)C)c2c1oc1cc3c(cc21)C(C)(C)CCC3(C)C. The van der Waals surface area contributed by atoms with Crippen LogP contribution in [0.4, 0.5) is 40.0 Å². The lowest BCUT2D eigenvalue weighted by Crippen LogP contribution is -2.64. The van der Waals surface area contributed by atoms with E-state index in [1.54, 1.807) is 16.7 Å². The van der Waals surface area contributed by atoms with E-state index in [-0.39, 0.29) is 62.6 Å². The molecule has 0 saturated heterocycles. The van der Waals surface area contributed by atoms with E-state index in [0.717, 1.165) is 67.1 Å². The van der Waals surface area contributed by atoms with E-state index in [1.165, 1.54) is 79.5 Å². The zero-order valence-electron chi connectivity index (χ0n) is 51.8. The molecule has 3 heterocycles. The molecule has 0 fully saturated rings. The van der Waals surface area contributed by atoms with Crippen LogP contribution in [0.3, 0.4) is 0 Å². The lowest BCUT2D eigenvalue weighted by Gasteiger charge is -2.50. The fraction of sp³-hybridized carbons (Fsp3) is 0.467. The number of furan rings is 1. The van der Waals surface area contributed by atoms with Gasteiger partial charge >= 0.3 is 0 Å². The van der Waals surface area contributed by atoms with E-state index in [2.05, 4.69) is 254 Å². The van der Waals surface area contributed by atoms with Gasteiger partial charge in [0.1, 0.15) is 5.58 Å². The van der Waals surface area contributed by atoms with E-state index in [4.69, 9.17) is 4.42 Å². The maximum Gasteiger partial charge on any atom is 0.257 e. The molecule has 2 aliphatic heterocycles. The summed E-state index contributed by atoms with van der Waals surface area (Å²) in [7, 11) is 0. The third-order valence-electron chi connectivity index (χ3n) is 21.8. The highest BCUT2D eigenvalue weighted by atomic mass is 16.4. The molecule has 1 aromatic heterocycles. The fourth-order valence-electron chi connectivity index (χ4n) is 16.2. The molecule has 0 radical (unpaired) electrons. The summed E-state index contributed by atoms with van der Waals surface area (Å²) in [6.45, 7) is 42.0. The molecule has 0 amide bonds. The molecule has 7 aliphatic rings. The number of anilines is 7. The molecular formula is C75H90BN3O.